The Kier molecular flexibility index (Phi) is 63.2. The molecule has 0 aliphatic rings. The Morgan fingerprint density at radius 2 is 0.506 bits per heavy atom. The fourth-order valence-corrected chi connectivity index (χ4v) is 10.0. The fraction of sp³-hybridized carbons (Fsp3) is 0.817. The summed E-state index contributed by atoms with van der Waals surface area (Å²) in [4.78, 5) is 38.1. The molecule has 0 aromatic heterocycles. The largest absolute Gasteiger partial charge is 0.462 e. The Hall–Kier alpha value is -2.89. The van der Waals surface area contributed by atoms with Gasteiger partial charge in [-0.2, -0.15) is 0 Å². The number of allylic oxidation sites excluding steroid dienone is 10. The molecule has 0 saturated heterocycles. The number of esters is 3. The van der Waals surface area contributed by atoms with E-state index in [9.17, 15) is 14.4 Å². The van der Waals surface area contributed by atoms with Crippen LogP contribution in [0.15, 0.2) is 60.8 Å². The Bertz CT molecular complexity index is 1380. The minimum atomic E-state index is -0.788. The molecule has 0 rings (SSSR count). The molecule has 0 N–H and O–H groups in total. The van der Waals surface area contributed by atoms with Crippen molar-refractivity contribution in [1.29, 1.82) is 0 Å². The molecule has 0 aliphatic heterocycles. The lowest BCUT2D eigenvalue weighted by molar-refractivity contribution is -0.167. The van der Waals surface area contributed by atoms with Gasteiger partial charge in [-0.3, -0.25) is 14.4 Å². The van der Waals surface area contributed by atoms with Gasteiger partial charge in [0.25, 0.3) is 0 Å². The zero-order valence-corrected chi connectivity index (χ0v) is 51.5. The van der Waals surface area contributed by atoms with Crippen molar-refractivity contribution in [3.05, 3.63) is 60.8 Å². The molecular weight excluding hydrogens is 949 g/mol. The highest BCUT2D eigenvalue weighted by Gasteiger charge is 2.19. The zero-order valence-electron chi connectivity index (χ0n) is 51.5. The fourth-order valence-electron chi connectivity index (χ4n) is 10.0. The molecule has 1 unspecified atom stereocenters. The maximum absolute atomic E-state index is 12.8. The summed E-state index contributed by atoms with van der Waals surface area (Å²) in [6.45, 7) is 6.52. The lowest BCUT2D eigenvalue weighted by Gasteiger charge is -2.18. The number of carbonyl (C=O) groups is 3. The number of ether oxygens (including phenoxy) is 3. The molecule has 0 radical (unpaired) electrons. The molecule has 6 nitrogen and oxygen atoms in total. The zero-order chi connectivity index (χ0) is 55.7. The van der Waals surface area contributed by atoms with Gasteiger partial charge in [0, 0.05) is 19.3 Å². The monoisotopic (exact) mass is 1080 g/mol. The molecule has 448 valence electrons. The summed E-state index contributed by atoms with van der Waals surface area (Å²) in [5.41, 5.74) is 0. The van der Waals surface area contributed by atoms with Gasteiger partial charge in [-0.05, 0) is 64.2 Å². The topological polar surface area (TPSA) is 78.9 Å². The molecule has 0 saturated carbocycles. The van der Waals surface area contributed by atoms with E-state index < -0.39 is 6.10 Å². The van der Waals surface area contributed by atoms with Gasteiger partial charge < -0.3 is 14.2 Å². The molecule has 6 heteroatoms. The maximum atomic E-state index is 12.8. The van der Waals surface area contributed by atoms with Gasteiger partial charge in [0.15, 0.2) is 6.10 Å². The molecule has 0 bridgehead atoms. The third-order valence-electron chi connectivity index (χ3n) is 15.0. The van der Waals surface area contributed by atoms with Crippen LogP contribution in [-0.2, 0) is 28.6 Å². The number of hydrogen-bond donors (Lipinski definition) is 0. The summed E-state index contributed by atoms with van der Waals surface area (Å²) >= 11 is 0. The third kappa shape index (κ3) is 63.8. The first kappa shape index (κ1) is 74.1. The van der Waals surface area contributed by atoms with Crippen molar-refractivity contribution >= 4 is 17.9 Å². The molecule has 0 aromatic rings. The molecule has 0 fully saturated rings. The van der Waals surface area contributed by atoms with Crippen LogP contribution >= 0.6 is 0 Å². The summed E-state index contributed by atoms with van der Waals surface area (Å²) in [7, 11) is 0. The Morgan fingerprint density at radius 3 is 0.792 bits per heavy atom. The smallest absolute Gasteiger partial charge is 0.306 e. The lowest BCUT2D eigenvalue weighted by Crippen LogP contribution is -2.30. The Morgan fingerprint density at radius 1 is 0.273 bits per heavy atom. The van der Waals surface area contributed by atoms with Crippen molar-refractivity contribution in [2.75, 3.05) is 13.2 Å². The summed E-state index contributed by atoms with van der Waals surface area (Å²) in [5, 5.41) is 0. The second-order valence-corrected chi connectivity index (χ2v) is 22.7. The molecule has 1 atom stereocenters. The van der Waals surface area contributed by atoms with Gasteiger partial charge in [-0.1, -0.05) is 332 Å². The molecule has 0 aromatic carbocycles. The van der Waals surface area contributed by atoms with E-state index in [-0.39, 0.29) is 31.1 Å². The van der Waals surface area contributed by atoms with Crippen LogP contribution in [0.5, 0.6) is 0 Å². The minimum Gasteiger partial charge on any atom is -0.462 e. The first-order valence-electron chi connectivity index (χ1n) is 33.8. The van der Waals surface area contributed by atoms with Crippen LogP contribution in [-0.4, -0.2) is 37.2 Å². The van der Waals surface area contributed by atoms with Gasteiger partial charge in [-0.25, -0.2) is 0 Å². The van der Waals surface area contributed by atoms with E-state index in [1.165, 1.54) is 218 Å². The van der Waals surface area contributed by atoms with Crippen LogP contribution in [0.1, 0.15) is 355 Å². The summed E-state index contributed by atoms with van der Waals surface area (Å²) in [6.07, 6.45) is 84.3. The van der Waals surface area contributed by atoms with Crippen molar-refractivity contribution in [3.63, 3.8) is 0 Å². The van der Waals surface area contributed by atoms with Gasteiger partial charge in [0.1, 0.15) is 13.2 Å². The molecule has 0 heterocycles. The highest BCUT2D eigenvalue weighted by molar-refractivity contribution is 5.71. The second kappa shape index (κ2) is 65.6. The van der Waals surface area contributed by atoms with Crippen molar-refractivity contribution < 1.29 is 28.6 Å². The van der Waals surface area contributed by atoms with Crippen molar-refractivity contribution in [1.82, 2.24) is 0 Å². The van der Waals surface area contributed by atoms with E-state index in [1.807, 2.05) is 0 Å². The molecule has 77 heavy (non-hydrogen) atoms. The number of carbonyl (C=O) groups excluding carboxylic acids is 3. The highest BCUT2D eigenvalue weighted by Crippen LogP contribution is 2.18. The van der Waals surface area contributed by atoms with Crippen LogP contribution in [0.2, 0.25) is 0 Å². The van der Waals surface area contributed by atoms with E-state index in [1.54, 1.807) is 0 Å². The van der Waals surface area contributed by atoms with Gasteiger partial charge >= 0.3 is 17.9 Å². The summed E-state index contributed by atoms with van der Waals surface area (Å²) in [6, 6.07) is 0. The van der Waals surface area contributed by atoms with E-state index in [0.717, 1.165) is 96.3 Å². The molecule has 0 amide bonds. The standard InChI is InChI=1S/C71H128O6/c1-4-7-10-13-16-19-21-23-25-27-29-30-31-32-33-34-35-36-37-38-39-40-41-43-44-46-48-50-52-55-58-61-64-70(73)76-67-68(66-75-69(72)63-60-57-54-18-15-12-9-6-3)77-71(74)65-62-59-56-53-51-49-47-45-42-28-26-24-22-20-17-14-11-8-5-2/h8,11,17,20,24,26,42,45,49,51,68H,4-7,9-10,12-16,18-19,21-23,25,27-41,43-44,46-48,50,52-67H2,1-3H3/b11-8-,20-17-,26-24-,45-42-,51-49-. The van der Waals surface area contributed by atoms with Crippen molar-refractivity contribution in [2.45, 2.75) is 361 Å². The van der Waals surface area contributed by atoms with Crippen LogP contribution in [0, 0.1) is 0 Å². The highest BCUT2D eigenvalue weighted by atomic mass is 16.6. The molecule has 0 aliphatic carbocycles. The van der Waals surface area contributed by atoms with E-state index in [4.69, 9.17) is 14.2 Å². The maximum Gasteiger partial charge on any atom is 0.306 e. The van der Waals surface area contributed by atoms with Gasteiger partial charge in [0.05, 0.1) is 0 Å². The number of rotatable bonds is 62. The minimum absolute atomic E-state index is 0.0840. The van der Waals surface area contributed by atoms with E-state index >= 15 is 0 Å². The quantitative estimate of drug-likeness (QED) is 0.0261. The SMILES string of the molecule is CC/C=C\C/C=C\C/C=C\C/C=C\C/C=C\CCCCCC(=O)OC(COC(=O)CCCCCCCCCC)COC(=O)CCCCCCCCCCCCCCCCCCCCCCCCCCCCCCCCCC. The second-order valence-electron chi connectivity index (χ2n) is 22.7. The van der Waals surface area contributed by atoms with Crippen LogP contribution in [0.4, 0.5) is 0 Å². The Balaban J connectivity index is 4.06. The number of unbranched alkanes of at least 4 members (excludes halogenated alkanes) is 41. The van der Waals surface area contributed by atoms with Gasteiger partial charge in [-0.15, -0.1) is 0 Å². The predicted molar refractivity (Wildman–Crippen MR) is 335 cm³/mol. The van der Waals surface area contributed by atoms with E-state index in [0.29, 0.717) is 19.3 Å². The van der Waals surface area contributed by atoms with Crippen LogP contribution < -0.4 is 0 Å². The summed E-state index contributed by atoms with van der Waals surface area (Å²) in [5.74, 6) is -0.905. The Labute approximate surface area is 479 Å². The third-order valence-corrected chi connectivity index (χ3v) is 15.0. The lowest BCUT2D eigenvalue weighted by atomic mass is 10.0. The van der Waals surface area contributed by atoms with Gasteiger partial charge in [0.2, 0.25) is 0 Å². The van der Waals surface area contributed by atoms with Crippen LogP contribution in [0.25, 0.3) is 0 Å². The van der Waals surface area contributed by atoms with Crippen molar-refractivity contribution in [3.8, 4) is 0 Å². The average molecular weight is 1080 g/mol. The normalized spacial score (nSPS) is 12.4. The average Bonchev–Trinajstić information content (AvgIpc) is 3.43. The number of hydrogen-bond acceptors (Lipinski definition) is 6. The van der Waals surface area contributed by atoms with E-state index in [2.05, 4.69) is 81.5 Å². The predicted octanol–water partition coefficient (Wildman–Crippen LogP) is 23.1. The summed E-state index contributed by atoms with van der Waals surface area (Å²) < 4.78 is 16.8. The van der Waals surface area contributed by atoms with Crippen molar-refractivity contribution in [2.24, 2.45) is 0 Å². The molecular formula is C71H128O6. The molecule has 0 spiro atoms. The van der Waals surface area contributed by atoms with Crippen LogP contribution in [0.3, 0.4) is 0 Å². The first-order chi connectivity index (χ1) is 38.0. The first-order valence-corrected chi connectivity index (χ1v) is 33.8.